The summed E-state index contributed by atoms with van der Waals surface area (Å²) in [5, 5.41) is 9.45. The maximum Gasteiger partial charge on any atom is 0.0574 e. The molecule has 0 aromatic rings. The quantitative estimate of drug-likeness (QED) is 0.668. The fourth-order valence-electron chi connectivity index (χ4n) is 1.26. The van der Waals surface area contributed by atoms with Gasteiger partial charge in [-0.15, -0.1) is 0 Å². The second kappa shape index (κ2) is 4.28. The van der Waals surface area contributed by atoms with E-state index in [1.807, 2.05) is 13.8 Å². The summed E-state index contributed by atoms with van der Waals surface area (Å²) in [7, 11) is 0. The van der Waals surface area contributed by atoms with E-state index in [9.17, 15) is 5.11 Å². The molecule has 3 atom stereocenters. The largest absolute Gasteiger partial charge is 0.393 e. The van der Waals surface area contributed by atoms with E-state index in [4.69, 9.17) is 0 Å². The lowest BCUT2D eigenvalue weighted by molar-refractivity contribution is 0.138. The first kappa shape index (κ1) is 12.7. The van der Waals surface area contributed by atoms with Crippen LogP contribution in [0.3, 0.4) is 0 Å². The molecule has 1 N–H and O–H groups in total. The first-order valence-corrected chi connectivity index (χ1v) is 5.04. The van der Waals surface area contributed by atoms with E-state index in [2.05, 4.69) is 34.3 Å². The fraction of sp³-hybridized carbons (Fsp3) is 0.833. The van der Waals surface area contributed by atoms with Gasteiger partial charge in [-0.1, -0.05) is 46.8 Å². The Hall–Kier alpha value is -0.300. The van der Waals surface area contributed by atoms with Gasteiger partial charge in [-0.2, -0.15) is 0 Å². The van der Waals surface area contributed by atoms with Gasteiger partial charge in [-0.25, -0.2) is 0 Å². The molecule has 0 saturated heterocycles. The molecule has 0 fully saturated rings. The van der Waals surface area contributed by atoms with E-state index in [-0.39, 0.29) is 17.4 Å². The maximum absolute atomic E-state index is 9.45. The van der Waals surface area contributed by atoms with Gasteiger partial charge in [0.2, 0.25) is 0 Å². The molecule has 0 aliphatic heterocycles. The highest BCUT2D eigenvalue weighted by molar-refractivity contribution is 5.08. The van der Waals surface area contributed by atoms with Gasteiger partial charge in [0.05, 0.1) is 6.10 Å². The molecule has 0 aliphatic rings. The lowest BCUT2D eigenvalue weighted by Crippen LogP contribution is -2.26. The molecule has 0 saturated carbocycles. The minimum Gasteiger partial charge on any atom is -0.393 e. The Morgan fingerprint density at radius 3 is 1.77 bits per heavy atom. The molecule has 0 unspecified atom stereocenters. The summed E-state index contributed by atoms with van der Waals surface area (Å²) >= 11 is 0. The molecule has 0 rings (SSSR count). The lowest BCUT2D eigenvalue weighted by Gasteiger charge is -2.33. The first-order chi connectivity index (χ1) is 5.68. The minimum atomic E-state index is -0.294. The van der Waals surface area contributed by atoms with Crippen molar-refractivity contribution in [3.63, 3.8) is 0 Å². The van der Waals surface area contributed by atoms with Crippen molar-refractivity contribution in [3.8, 4) is 0 Å². The molecule has 0 aromatic heterocycles. The molecule has 78 valence electrons. The van der Waals surface area contributed by atoms with Crippen LogP contribution in [0.25, 0.3) is 0 Å². The SMILES string of the molecule is C=C([C@@H](C)C(C)(C)C)[C@H](C)[C@@H](C)O. The molecule has 0 radical (unpaired) electrons. The van der Waals surface area contributed by atoms with Crippen molar-refractivity contribution in [1.29, 1.82) is 0 Å². The monoisotopic (exact) mass is 184 g/mol. The summed E-state index contributed by atoms with van der Waals surface area (Å²) in [6, 6.07) is 0. The smallest absolute Gasteiger partial charge is 0.0574 e. The van der Waals surface area contributed by atoms with Crippen molar-refractivity contribution >= 4 is 0 Å². The second-order valence-electron chi connectivity index (χ2n) is 5.19. The molecule has 0 heterocycles. The van der Waals surface area contributed by atoms with E-state index in [1.54, 1.807) is 0 Å². The van der Waals surface area contributed by atoms with Crippen LogP contribution in [0.15, 0.2) is 12.2 Å². The van der Waals surface area contributed by atoms with E-state index in [0.29, 0.717) is 5.92 Å². The number of aliphatic hydroxyl groups excluding tert-OH is 1. The molecule has 1 heteroatoms. The Morgan fingerprint density at radius 1 is 1.15 bits per heavy atom. The van der Waals surface area contributed by atoms with Crippen LogP contribution in [0.2, 0.25) is 0 Å². The van der Waals surface area contributed by atoms with Gasteiger partial charge < -0.3 is 5.11 Å². The zero-order valence-corrected chi connectivity index (χ0v) is 9.89. The second-order valence-corrected chi connectivity index (χ2v) is 5.19. The van der Waals surface area contributed by atoms with Crippen molar-refractivity contribution in [2.45, 2.75) is 47.6 Å². The minimum absolute atomic E-state index is 0.189. The van der Waals surface area contributed by atoms with Crippen molar-refractivity contribution in [2.75, 3.05) is 0 Å². The van der Waals surface area contributed by atoms with Crippen molar-refractivity contribution < 1.29 is 5.11 Å². The molecule has 0 spiro atoms. The van der Waals surface area contributed by atoms with Crippen LogP contribution >= 0.6 is 0 Å². The van der Waals surface area contributed by atoms with Gasteiger partial charge in [-0.05, 0) is 18.3 Å². The summed E-state index contributed by atoms with van der Waals surface area (Å²) in [6.07, 6.45) is -0.294. The molecule has 0 aliphatic carbocycles. The van der Waals surface area contributed by atoms with E-state index in [1.165, 1.54) is 0 Å². The number of hydrogen-bond acceptors (Lipinski definition) is 1. The maximum atomic E-state index is 9.45. The van der Waals surface area contributed by atoms with Crippen LogP contribution in [0, 0.1) is 17.3 Å². The normalized spacial score (nSPS) is 19.3. The summed E-state index contributed by atoms with van der Waals surface area (Å²) < 4.78 is 0. The van der Waals surface area contributed by atoms with Crippen LogP contribution in [-0.4, -0.2) is 11.2 Å². The van der Waals surface area contributed by atoms with Gasteiger partial charge in [0.25, 0.3) is 0 Å². The zero-order chi connectivity index (χ0) is 10.8. The molecule has 0 aromatic carbocycles. The molecular formula is C12H24O. The lowest BCUT2D eigenvalue weighted by atomic mass is 9.73. The molecule has 13 heavy (non-hydrogen) atoms. The topological polar surface area (TPSA) is 20.2 Å². The molecule has 0 amide bonds. The molecule has 0 bridgehead atoms. The van der Waals surface area contributed by atoms with Crippen molar-refractivity contribution in [1.82, 2.24) is 0 Å². The zero-order valence-electron chi connectivity index (χ0n) is 9.89. The highest BCUT2D eigenvalue weighted by Crippen LogP contribution is 2.34. The molecular weight excluding hydrogens is 160 g/mol. The Morgan fingerprint density at radius 2 is 1.54 bits per heavy atom. The van der Waals surface area contributed by atoms with Crippen LogP contribution in [0.1, 0.15) is 41.5 Å². The van der Waals surface area contributed by atoms with Gasteiger partial charge in [0.1, 0.15) is 0 Å². The number of aliphatic hydroxyl groups is 1. The predicted octanol–water partition coefficient (Wildman–Crippen LogP) is 3.24. The van der Waals surface area contributed by atoms with E-state index < -0.39 is 0 Å². The van der Waals surface area contributed by atoms with Crippen LogP contribution in [0.4, 0.5) is 0 Å². The highest BCUT2D eigenvalue weighted by Gasteiger charge is 2.26. The van der Waals surface area contributed by atoms with Crippen LogP contribution < -0.4 is 0 Å². The molecule has 1 nitrogen and oxygen atoms in total. The van der Waals surface area contributed by atoms with Gasteiger partial charge in [0.15, 0.2) is 0 Å². The Bertz CT molecular complexity index is 174. The van der Waals surface area contributed by atoms with E-state index in [0.717, 1.165) is 5.57 Å². The third kappa shape index (κ3) is 3.51. The fourth-order valence-corrected chi connectivity index (χ4v) is 1.26. The average molecular weight is 184 g/mol. The predicted molar refractivity (Wildman–Crippen MR) is 58.6 cm³/mol. The highest BCUT2D eigenvalue weighted by atomic mass is 16.3. The van der Waals surface area contributed by atoms with Crippen LogP contribution in [0.5, 0.6) is 0 Å². The van der Waals surface area contributed by atoms with Gasteiger partial charge in [0, 0.05) is 5.92 Å². The van der Waals surface area contributed by atoms with Crippen molar-refractivity contribution in [3.05, 3.63) is 12.2 Å². The third-order valence-electron chi connectivity index (χ3n) is 3.16. The Kier molecular flexibility index (Phi) is 4.18. The standard InChI is InChI=1S/C12H24O/c1-8(9(2)11(4)13)10(3)12(5,6)7/h9-11,13H,1H2,2-7H3/t9-,10+,11+/m0/s1. The van der Waals surface area contributed by atoms with Crippen molar-refractivity contribution in [2.24, 2.45) is 17.3 Å². The summed E-state index contributed by atoms with van der Waals surface area (Å²) in [5.74, 6) is 0.631. The summed E-state index contributed by atoms with van der Waals surface area (Å²) in [4.78, 5) is 0. The van der Waals surface area contributed by atoms with E-state index >= 15 is 0 Å². The Labute approximate surface area is 82.9 Å². The number of hydrogen-bond donors (Lipinski definition) is 1. The Balaban J connectivity index is 4.44. The van der Waals surface area contributed by atoms with Crippen LogP contribution in [-0.2, 0) is 0 Å². The van der Waals surface area contributed by atoms with Gasteiger partial charge >= 0.3 is 0 Å². The number of rotatable bonds is 3. The van der Waals surface area contributed by atoms with Gasteiger partial charge in [-0.3, -0.25) is 0 Å². The third-order valence-corrected chi connectivity index (χ3v) is 3.16. The summed E-state index contributed by atoms with van der Waals surface area (Å²) in [5.41, 5.74) is 1.39. The first-order valence-electron chi connectivity index (χ1n) is 5.04. The average Bonchev–Trinajstić information content (AvgIpc) is 1.98. The summed E-state index contributed by atoms with van der Waals surface area (Å²) in [6.45, 7) is 16.7.